The van der Waals surface area contributed by atoms with E-state index in [-0.39, 0.29) is 5.91 Å². The Balaban J connectivity index is 2.45. The summed E-state index contributed by atoms with van der Waals surface area (Å²) in [5, 5.41) is 2.10. The molecule has 2 aromatic rings. The second-order valence-corrected chi connectivity index (χ2v) is 3.32. The fourth-order valence-corrected chi connectivity index (χ4v) is 1.77. The van der Waals surface area contributed by atoms with Crippen LogP contribution in [-0.2, 0) is 0 Å². The van der Waals surface area contributed by atoms with Crippen molar-refractivity contribution in [2.24, 2.45) is 4.99 Å². The van der Waals surface area contributed by atoms with Gasteiger partial charge in [-0.2, -0.15) is 0 Å². The highest BCUT2D eigenvalue weighted by molar-refractivity contribution is 6.05. The fraction of sp³-hybridized carbons (Fsp3) is 0.0909. The number of rotatable bonds is 0. The van der Waals surface area contributed by atoms with E-state index in [9.17, 15) is 4.79 Å². The minimum Gasteiger partial charge on any atom is -0.274 e. The normalized spacial score (nSPS) is 14.7. The lowest BCUT2D eigenvalue weighted by atomic mass is 10.2. The molecule has 1 aliphatic rings. The molecule has 0 atom stereocenters. The van der Waals surface area contributed by atoms with Crippen LogP contribution in [-0.4, -0.2) is 16.7 Å². The number of carbonyl (C=O) groups is 1. The summed E-state index contributed by atoms with van der Waals surface area (Å²) in [5.74, 6) is 0.850. The third kappa shape index (κ3) is 0.865. The van der Waals surface area contributed by atoms with Gasteiger partial charge in [0, 0.05) is 23.2 Å². The molecule has 68 valence electrons. The maximum Gasteiger partial charge on any atom is 0.237 e. The van der Waals surface area contributed by atoms with Crippen molar-refractivity contribution in [2.75, 3.05) is 0 Å². The lowest BCUT2D eigenvalue weighted by molar-refractivity contribution is 0.0924. The number of carbonyl (C=O) groups excluding carboxylic acids is 1. The van der Waals surface area contributed by atoms with Crippen LogP contribution in [0.15, 0.2) is 35.5 Å². The lowest BCUT2D eigenvalue weighted by Gasteiger charge is -2.06. The molecule has 0 radical (unpaired) electrons. The van der Waals surface area contributed by atoms with Crippen LogP contribution in [0, 0.1) is 0 Å². The van der Waals surface area contributed by atoms with Crippen molar-refractivity contribution < 1.29 is 4.79 Å². The first-order valence-corrected chi connectivity index (χ1v) is 4.52. The number of benzene rings is 1. The molecule has 3 rings (SSSR count). The largest absolute Gasteiger partial charge is 0.274 e. The van der Waals surface area contributed by atoms with Crippen molar-refractivity contribution in [2.45, 2.75) is 6.42 Å². The Bertz CT molecular complexity index is 551. The van der Waals surface area contributed by atoms with Gasteiger partial charge in [0.25, 0.3) is 0 Å². The summed E-state index contributed by atoms with van der Waals surface area (Å²) in [5.41, 5.74) is 0. The molecule has 0 saturated carbocycles. The topological polar surface area (TPSA) is 34.4 Å². The van der Waals surface area contributed by atoms with Gasteiger partial charge >= 0.3 is 0 Å². The van der Waals surface area contributed by atoms with Crippen LogP contribution in [0.25, 0.3) is 10.8 Å². The Morgan fingerprint density at radius 3 is 3.07 bits per heavy atom. The van der Waals surface area contributed by atoms with Gasteiger partial charge in [0.15, 0.2) is 0 Å². The molecule has 2 heterocycles. The molecular formula is C11H8N2O. The summed E-state index contributed by atoms with van der Waals surface area (Å²) in [4.78, 5) is 15.8. The van der Waals surface area contributed by atoms with E-state index in [1.165, 1.54) is 0 Å². The van der Waals surface area contributed by atoms with Crippen molar-refractivity contribution in [3.8, 4) is 0 Å². The van der Waals surface area contributed by atoms with Crippen molar-refractivity contribution in [1.82, 2.24) is 4.57 Å². The zero-order valence-electron chi connectivity index (χ0n) is 7.47. The molecular weight excluding hydrogens is 176 g/mol. The van der Waals surface area contributed by atoms with Crippen LogP contribution < -0.4 is 0 Å². The summed E-state index contributed by atoms with van der Waals surface area (Å²) in [7, 11) is 0. The zero-order valence-corrected chi connectivity index (χ0v) is 7.47. The van der Waals surface area contributed by atoms with Gasteiger partial charge in [0.1, 0.15) is 5.82 Å². The monoisotopic (exact) mass is 184 g/mol. The molecule has 0 amide bonds. The minimum absolute atomic E-state index is 0.0891. The molecule has 0 saturated heterocycles. The number of nitrogens with zero attached hydrogens (tertiary/aromatic N) is 2. The van der Waals surface area contributed by atoms with Gasteiger partial charge in [-0.25, -0.2) is 4.99 Å². The van der Waals surface area contributed by atoms with Gasteiger partial charge in [-0.3, -0.25) is 9.36 Å². The summed E-state index contributed by atoms with van der Waals surface area (Å²) >= 11 is 0. The van der Waals surface area contributed by atoms with Crippen LogP contribution in [0.1, 0.15) is 11.2 Å². The summed E-state index contributed by atoms with van der Waals surface area (Å²) in [6.45, 7) is 0. The predicted octanol–water partition coefficient (Wildman–Crippen LogP) is 2.39. The van der Waals surface area contributed by atoms with Crippen LogP contribution in [0.2, 0.25) is 0 Å². The summed E-state index contributed by atoms with van der Waals surface area (Å²) < 4.78 is 1.63. The van der Waals surface area contributed by atoms with Crippen LogP contribution in [0.5, 0.6) is 0 Å². The molecule has 0 fully saturated rings. The highest BCUT2D eigenvalue weighted by Crippen LogP contribution is 2.29. The summed E-state index contributed by atoms with van der Waals surface area (Å²) in [6, 6.07) is 7.89. The number of aliphatic imine (C=N–C) groups is 1. The first-order chi connectivity index (χ1) is 6.86. The van der Waals surface area contributed by atoms with Crippen molar-refractivity contribution in [3.63, 3.8) is 0 Å². The number of hydrogen-bond donors (Lipinski definition) is 0. The van der Waals surface area contributed by atoms with E-state index >= 15 is 0 Å². The SMILES string of the molecule is O=C1CC=Nc2c3ccccc3cn21. The summed E-state index contributed by atoms with van der Waals surface area (Å²) in [6.07, 6.45) is 3.92. The zero-order chi connectivity index (χ0) is 9.54. The van der Waals surface area contributed by atoms with E-state index < -0.39 is 0 Å². The van der Waals surface area contributed by atoms with Crippen molar-refractivity contribution in [3.05, 3.63) is 30.5 Å². The third-order valence-electron chi connectivity index (χ3n) is 2.45. The second kappa shape index (κ2) is 2.54. The second-order valence-electron chi connectivity index (χ2n) is 3.32. The molecule has 0 N–H and O–H groups in total. The van der Waals surface area contributed by atoms with E-state index in [0.717, 1.165) is 16.6 Å². The molecule has 0 spiro atoms. The average Bonchev–Trinajstić information content (AvgIpc) is 2.59. The molecule has 0 bridgehead atoms. The minimum atomic E-state index is 0.0891. The van der Waals surface area contributed by atoms with E-state index in [1.54, 1.807) is 10.8 Å². The first-order valence-electron chi connectivity index (χ1n) is 4.52. The van der Waals surface area contributed by atoms with Crippen LogP contribution in [0.4, 0.5) is 5.82 Å². The maximum atomic E-state index is 11.5. The van der Waals surface area contributed by atoms with Gasteiger partial charge in [-0.05, 0) is 0 Å². The smallest absolute Gasteiger partial charge is 0.237 e. The van der Waals surface area contributed by atoms with Gasteiger partial charge in [0.05, 0.1) is 6.42 Å². The predicted molar refractivity (Wildman–Crippen MR) is 55.3 cm³/mol. The Morgan fingerprint density at radius 2 is 2.14 bits per heavy atom. The Hall–Kier alpha value is -1.90. The highest BCUT2D eigenvalue weighted by atomic mass is 16.2. The molecule has 0 aliphatic carbocycles. The molecule has 1 aromatic carbocycles. The van der Waals surface area contributed by atoms with Gasteiger partial charge in [0.2, 0.25) is 5.91 Å². The van der Waals surface area contributed by atoms with E-state index in [0.29, 0.717) is 6.42 Å². The standard InChI is InChI=1S/C11H8N2O/c14-10-5-6-12-11-9-4-2-1-3-8(9)7-13(10)11/h1-4,6-7H,5H2. The van der Waals surface area contributed by atoms with Gasteiger partial charge < -0.3 is 0 Å². The fourth-order valence-electron chi connectivity index (χ4n) is 1.77. The molecule has 3 nitrogen and oxygen atoms in total. The van der Waals surface area contributed by atoms with Gasteiger partial charge in [-0.15, -0.1) is 0 Å². The van der Waals surface area contributed by atoms with E-state index in [4.69, 9.17) is 0 Å². The van der Waals surface area contributed by atoms with Gasteiger partial charge in [-0.1, -0.05) is 24.3 Å². The third-order valence-corrected chi connectivity index (χ3v) is 2.45. The van der Waals surface area contributed by atoms with Crippen molar-refractivity contribution in [1.29, 1.82) is 0 Å². The maximum absolute atomic E-state index is 11.5. The Kier molecular flexibility index (Phi) is 1.36. The van der Waals surface area contributed by atoms with Crippen LogP contribution in [0.3, 0.4) is 0 Å². The van der Waals surface area contributed by atoms with Crippen LogP contribution >= 0.6 is 0 Å². The molecule has 1 aromatic heterocycles. The Morgan fingerprint density at radius 1 is 1.29 bits per heavy atom. The molecule has 1 aliphatic heterocycles. The number of hydrogen-bond acceptors (Lipinski definition) is 2. The first kappa shape index (κ1) is 7.50. The molecule has 14 heavy (non-hydrogen) atoms. The molecule has 0 unspecified atom stereocenters. The number of aromatic nitrogens is 1. The Labute approximate surface area is 80.7 Å². The van der Waals surface area contributed by atoms with E-state index in [1.807, 2.05) is 30.5 Å². The lowest BCUT2D eigenvalue weighted by Crippen LogP contribution is -2.12. The number of fused-ring (bicyclic) bond motifs is 3. The van der Waals surface area contributed by atoms with Crippen molar-refractivity contribution >= 4 is 28.7 Å². The average molecular weight is 184 g/mol. The highest BCUT2D eigenvalue weighted by Gasteiger charge is 2.15. The van der Waals surface area contributed by atoms with E-state index in [2.05, 4.69) is 4.99 Å². The molecule has 3 heteroatoms. The quantitative estimate of drug-likeness (QED) is 0.619.